The van der Waals surface area contributed by atoms with E-state index in [9.17, 15) is 5.11 Å². The number of phenols is 1. The number of para-hydroxylation sites is 2. The lowest BCUT2D eigenvalue weighted by Gasteiger charge is -1.96. The average Bonchev–Trinajstić information content (AvgIpc) is 2.29. The Balaban J connectivity index is 2.23. The number of phenolic OH excluding ortho intramolecular Hbond substituents is 1. The molecule has 0 saturated heterocycles. The molecule has 2 aromatic rings. The molecule has 0 heterocycles. The van der Waals surface area contributed by atoms with Crippen molar-refractivity contribution in [2.24, 2.45) is 4.99 Å². The third-order valence-electron chi connectivity index (χ3n) is 1.97. The first-order chi connectivity index (χ1) is 7.36. The minimum atomic E-state index is 0.234. The van der Waals surface area contributed by atoms with Gasteiger partial charge in [-0.2, -0.15) is 0 Å². The van der Waals surface area contributed by atoms with E-state index in [1.807, 2.05) is 30.3 Å². The predicted octanol–water partition coefficient (Wildman–Crippen LogP) is 2.94. The van der Waals surface area contributed by atoms with Gasteiger partial charge in [0.15, 0.2) is 0 Å². The summed E-state index contributed by atoms with van der Waals surface area (Å²) in [6.07, 6.45) is 1.63. The van der Waals surface area contributed by atoms with E-state index < -0.39 is 0 Å². The van der Waals surface area contributed by atoms with Crippen LogP contribution >= 0.6 is 0 Å². The van der Waals surface area contributed by atoms with Crippen LogP contribution in [0.5, 0.6) is 5.75 Å². The zero-order chi connectivity index (χ0) is 10.5. The number of benzene rings is 2. The number of nitrogens with zero attached hydrogens (tertiary/aromatic N) is 1. The van der Waals surface area contributed by atoms with Crippen LogP contribution in [0.15, 0.2) is 53.5 Å². The van der Waals surface area contributed by atoms with E-state index in [0.29, 0.717) is 5.56 Å². The highest BCUT2D eigenvalue weighted by Gasteiger charge is 1.94. The predicted molar refractivity (Wildman–Crippen MR) is 60.6 cm³/mol. The molecule has 0 fully saturated rings. The van der Waals surface area contributed by atoms with Crippen molar-refractivity contribution in [3.05, 3.63) is 60.2 Å². The van der Waals surface area contributed by atoms with Gasteiger partial charge in [-0.3, -0.25) is 4.99 Å². The third-order valence-corrected chi connectivity index (χ3v) is 1.97. The van der Waals surface area contributed by atoms with Crippen molar-refractivity contribution in [2.75, 3.05) is 0 Å². The summed E-state index contributed by atoms with van der Waals surface area (Å²) >= 11 is 0. The Morgan fingerprint density at radius 1 is 1.07 bits per heavy atom. The average molecular weight is 196 g/mol. The SMILES string of the molecule is Oc1ccccc1C=Nc1[c]cccc1. The Morgan fingerprint density at radius 2 is 1.87 bits per heavy atom. The van der Waals surface area contributed by atoms with E-state index in [2.05, 4.69) is 11.1 Å². The molecule has 2 heteroatoms. The van der Waals surface area contributed by atoms with Crippen molar-refractivity contribution in [3.8, 4) is 5.75 Å². The fourth-order valence-electron chi connectivity index (χ4n) is 1.20. The van der Waals surface area contributed by atoms with Crippen LogP contribution in [-0.2, 0) is 0 Å². The zero-order valence-corrected chi connectivity index (χ0v) is 8.09. The summed E-state index contributed by atoms with van der Waals surface area (Å²) < 4.78 is 0. The van der Waals surface area contributed by atoms with Crippen molar-refractivity contribution >= 4 is 11.9 Å². The second kappa shape index (κ2) is 4.42. The second-order valence-corrected chi connectivity index (χ2v) is 3.06. The molecular weight excluding hydrogens is 186 g/mol. The quantitative estimate of drug-likeness (QED) is 0.736. The van der Waals surface area contributed by atoms with Crippen LogP contribution in [0, 0.1) is 6.07 Å². The van der Waals surface area contributed by atoms with Crippen LogP contribution in [0.2, 0.25) is 0 Å². The van der Waals surface area contributed by atoms with E-state index in [4.69, 9.17) is 0 Å². The standard InChI is InChI=1S/C13H10NO/c15-13-9-5-4-6-11(13)10-14-12-7-2-1-3-8-12/h1-7,9-10,15H. The minimum absolute atomic E-state index is 0.234. The molecule has 0 unspecified atom stereocenters. The first-order valence-electron chi connectivity index (χ1n) is 4.65. The van der Waals surface area contributed by atoms with Gasteiger partial charge in [0.05, 0.1) is 5.69 Å². The molecule has 0 bridgehead atoms. The smallest absolute Gasteiger partial charge is 0.124 e. The summed E-state index contributed by atoms with van der Waals surface area (Å²) in [5, 5.41) is 9.49. The van der Waals surface area contributed by atoms with Gasteiger partial charge in [0, 0.05) is 17.8 Å². The lowest BCUT2D eigenvalue weighted by atomic mass is 10.2. The fraction of sp³-hybridized carbons (Fsp3) is 0. The first kappa shape index (κ1) is 9.46. The maximum Gasteiger partial charge on any atom is 0.124 e. The molecule has 0 aliphatic heterocycles. The van der Waals surface area contributed by atoms with Crippen LogP contribution in [0.1, 0.15) is 5.56 Å². The third kappa shape index (κ3) is 2.44. The number of aliphatic imine (C=N–C) groups is 1. The van der Waals surface area contributed by atoms with Crippen molar-refractivity contribution in [1.29, 1.82) is 0 Å². The van der Waals surface area contributed by atoms with Gasteiger partial charge in [-0.1, -0.05) is 30.3 Å². The Bertz CT molecular complexity index is 463. The van der Waals surface area contributed by atoms with Crippen LogP contribution < -0.4 is 0 Å². The van der Waals surface area contributed by atoms with E-state index in [0.717, 1.165) is 5.69 Å². The van der Waals surface area contributed by atoms with Crippen molar-refractivity contribution in [2.45, 2.75) is 0 Å². The minimum Gasteiger partial charge on any atom is -0.507 e. The molecule has 0 aliphatic rings. The highest BCUT2D eigenvalue weighted by molar-refractivity contribution is 5.85. The zero-order valence-electron chi connectivity index (χ0n) is 8.09. The number of hydrogen-bond donors (Lipinski definition) is 1. The Labute approximate surface area is 88.5 Å². The van der Waals surface area contributed by atoms with Gasteiger partial charge < -0.3 is 5.11 Å². The molecule has 73 valence electrons. The number of aromatic hydroxyl groups is 1. The summed E-state index contributed by atoms with van der Waals surface area (Å²) in [6, 6.07) is 17.5. The molecule has 1 N–H and O–H groups in total. The molecule has 2 aromatic carbocycles. The number of rotatable bonds is 2. The Kier molecular flexibility index (Phi) is 2.79. The lowest BCUT2D eigenvalue weighted by Crippen LogP contribution is -1.80. The molecule has 0 aliphatic carbocycles. The van der Waals surface area contributed by atoms with Crippen molar-refractivity contribution in [1.82, 2.24) is 0 Å². The van der Waals surface area contributed by atoms with Crippen LogP contribution in [0.4, 0.5) is 5.69 Å². The maximum absolute atomic E-state index is 9.49. The lowest BCUT2D eigenvalue weighted by molar-refractivity contribution is 0.474. The van der Waals surface area contributed by atoms with Gasteiger partial charge in [0.2, 0.25) is 0 Å². The highest BCUT2D eigenvalue weighted by Crippen LogP contribution is 2.15. The monoisotopic (exact) mass is 196 g/mol. The van der Waals surface area contributed by atoms with Crippen LogP contribution in [-0.4, -0.2) is 11.3 Å². The highest BCUT2D eigenvalue weighted by atomic mass is 16.3. The summed E-state index contributed by atoms with van der Waals surface area (Å²) in [7, 11) is 0. The summed E-state index contributed by atoms with van der Waals surface area (Å²) in [5.74, 6) is 0.234. The Morgan fingerprint density at radius 3 is 2.60 bits per heavy atom. The topological polar surface area (TPSA) is 32.6 Å². The first-order valence-corrected chi connectivity index (χ1v) is 4.65. The second-order valence-electron chi connectivity index (χ2n) is 3.06. The van der Waals surface area contributed by atoms with Crippen LogP contribution in [0.25, 0.3) is 0 Å². The summed E-state index contributed by atoms with van der Waals surface area (Å²) in [5.41, 5.74) is 1.45. The van der Waals surface area contributed by atoms with Crippen LogP contribution in [0.3, 0.4) is 0 Å². The molecule has 0 atom stereocenters. The molecule has 0 spiro atoms. The van der Waals surface area contributed by atoms with Gasteiger partial charge in [0.1, 0.15) is 5.75 Å². The van der Waals surface area contributed by atoms with Gasteiger partial charge >= 0.3 is 0 Å². The van der Waals surface area contributed by atoms with E-state index in [-0.39, 0.29) is 5.75 Å². The van der Waals surface area contributed by atoms with Gasteiger partial charge in [0.25, 0.3) is 0 Å². The molecule has 1 radical (unpaired) electrons. The van der Waals surface area contributed by atoms with Gasteiger partial charge in [-0.05, 0) is 18.2 Å². The normalized spacial score (nSPS) is 10.7. The van der Waals surface area contributed by atoms with Gasteiger partial charge in [-0.15, -0.1) is 0 Å². The molecule has 0 saturated carbocycles. The summed E-state index contributed by atoms with van der Waals surface area (Å²) in [6.45, 7) is 0. The fourth-order valence-corrected chi connectivity index (χ4v) is 1.20. The molecule has 2 rings (SSSR count). The molecular formula is C13H10NO. The van der Waals surface area contributed by atoms with Gasteiger partial charge in [-0.25, -0.2) is 0 Å². The summed E-state index contributed by atoms with van der Waals surface area (Å²) in [4.78, 5) is 4.20. The molecule has 0 amide bonds. The largest absolute Gasteiger partial charge is 0.507 e. The van der Waals surface area contributed by atoms with E-state index >= 15 is 0 Å². The molecule has 0 aromatic heterocycles. The molecule has 2 nitrogen and oxygen atoms in total. The number of hydrogen-bond acceptors (Lipinski definition) is 2. The van der Waals surface area contributed by atoms with E-state index in [1.54, 1.807) is 24.4 Å². The maximum atomic E-state index is 9.49. The van der Waals surface area contributed by atoms with E-state index in [1.165, 1.54) is 0 Å². The van der Waals surface area contributed by atoms with Crippen molar-refractivity contribution < 1.29 is 5.11 Å². The van der Waals surface area contributed by atoms with Crippen molar-refractivity contribution in [3.63, 3.8) is 0 Å². The molecule has 15 heavy (non-hydrogen) atoms. The Hall–Kier alpha value is -2.09.